The van der Waals surface area contributed by atoms with Gasteiger partial charge in [-0.25, -0.2) is 4.68 Å². The van der Waals surface area contributed by atoms with Crippen molar-refractivity contribution < 1.29 is 18.7 Å². The van der Waals surface area contributed by atoms with Crippen LogP contribution in [0.3, 0.4) is 0 Å². The minimum Gasteiger partial charge on any atom is -0.484 e. The molecule has 0 aliphatic carbocycles. The van der Waals surface area contributed by atoms with Crippen molar-refractivity contribution in [3.8, 4) is 5.75 Å². The molecule has 3 heterocycles. The van der Waals surface area contributed by atoms with Crippen molar-refractivity contribution in [2.75, 3.05) is 11.9 Å². The number of primary amides is 1. The lowest BCUT2D eigenvalue weighted by Crippen LogP contribution is -2.25. The maximum Gasteiger partial charge on any atom is 0.255 e. The number of carbonyl (C=O) groups is 2. The number of hydrogen-bond acceptors (Lipinski definition) is 5. The lowest BCUT2D eigenvalue weighted by molar-refractivity contribution is -0.120. The maximum atomic E-state index is 12.3. The number of rotatable bonds is 6. The van der Waals surface area contributed by atoms with Crippen LogP contribution in [0.25, 0.3) is 0 Å². The molecule has 2 amide bonds. The number of furan rings is 1. The number of amides is 2. The Bertz CT molecular complexity index is 960. The van der Waals surface area contributed by atoms with Crippen LogP contribution in [0.4, 0.5) is 5.82 Å². The standard InChI is InChI=1S/C19H18N4O4/c20-17(24)11-27-13-5-3-12(4-6-13)15-8-18(25)22-19-16(15)9-21-23(19)10-14-2-1-7-26-14/h1-7,9,15H,8,10-11H2,(H2,20,24)(H,22,25)/t15-/m1/s1. The van der Waals surface area contributed by atoms with Crippen LogP contribution in [0.1, 0.15) is 29.2 Å². The number of nitrogens with zero attached hydrogens (tertiary/aromatic N) is 2. The van der Waals surface area contributed by atoms with E-state index in [4.69, 9.17) is 14.9 Å². The van der Waals surface area contributed by atoms with Gasteiger partial charge in [0.15, 0.2) is 6.61 Å². The summed E-state index contributed by atoms with van der Waals surface area (Å²) in [5.41, 5.74) is 7.00. The van der Waals surface area contributed by atoms with Crippen LogP contribution in [0.15, 0.2) is 53.3 Å². The molecule has 0 spiro atoms. The van der Waals surface area contributed by atoms with Crippen molar-refractivity contribution >= 4 is 17.6 Å². The summed E-state index contributed by atoms with van der Waals surface area (Å²) < 4.78 is 12.4. The molecule has 2 aromatic heterocycles. The molecule has 27 heavy (non-hydrogen) atoms. The molecular formula is C19H18N4O4. The van der Waals surface area contributed by atoms with Gasteiger partial charge >= 0.3 is 0 Å². The van der Waals surface area contributed by atoms with E-state index in [0.717, 1.165) is 16.9 Å². The van der Waals surface area contributed by atoms with Crippen LogP contribution in [-0.2, 0) is 16.1 Å². The summed E-state index contributed by atoms with van der Waals surface area (Å²) in [6.45, 7) is 0.268. The van der Waals surface area contributed by atoms with Crippen molar-refractivity contribution in [2.45, 2.75) is 18.9 Å². The van der Waals surface area contributed by atoms with E-state index in [1.54, 1.807) is 29.3 Å². The highest BCUT2D eigenvalue weighted by atomic mass is 16.5. The summed E-state index contributed by atoms with van der Waals surface area (Å²) in [6, 6.07) is 11.0. The molecule has 1 aromatic carbocycles. The smallest absolute Gasteiger partial charge is 0.255 e. The summed E-state index contributed by atoms with van der Waals surface area (Å²) >= 11 is 0. The van der Waals surface area contributed by atoms with E-state index < -0.39 is 5.91 Å². The molecule has 1 aliphatic rings. The fourth-order valence-electron chi connectivity index (χ4n) is 3.19. The topological polar surface area (TPSA) is 112 Å². The summed E-state index contributed by atoms with van der Waals surface area (Å²) in [6.07, 6.45) is 3.72. The highest BCUT2D eigenvalue weighted by Crippen LogP contribution is 2.37. The molecule has 1 atom stereocenters. The Morgan fingerprint density at radius 1 is 1.33 bits per heavy atom. The van der Waals surface area contributed by atoms with E-state index in [-0.39, 0.29) is 18.4 Å². The van der Waals surface area contributed by atoms with E-state index in [2.05, 4.69) is 10.4 Å². The van der Waals surface area contributed by atoms with Crippen molar-refractivity contribution in [3.05, 3.63) is 65.7 Å². The molecule has 0 unspecified atom stereocenters. The van der Waals surface area contributed by atoms with Gasteiger partial charge in [-0.1, -0.05) is 12.1 Å². The van der Waals surface area contributed by atoms with Gasteiger partial charge in [-0.15, -0.1) is 0 Å². The predicted molar refractivity (Wildman–Crippen MR) is 96.3 cm³/mol. The number of nitrogens with two attached hydrogens (primary N) is 1. The number of anilines is 1. The lowest BCUT2D eigenvalue weighted by atomic mass is 9.87. The van der Waals surface area contributed by atoms with Gasteiger partial charge in [0, 0.05) is 17.9 Å². The third-order valence-corrected chi connectivity index (χ3v) is 4.44. The zero-order valence-corrected chi connectivity index (χ0v) is 14.4. The first-order valence-electron chi connectivity index (χ1n) is 8.49. The average molecular weight is 366 g/mol. The minimum atomic E-state index is -0.531. The largest absolute Gasteiger partial charge is 0.484 e. The molecule has 0 bridgehead atoms. The Morgan fingerprint density at radius 2 is 2.15 bits per heavy atom. The fourth-order valence-corrected chi connectivity index (χ4v) is 3.19. The Labute approximate surface area is 154 Å². The quantitative estimate of drug-likeness (QED) is 0.691. The Kier molecular flexibility index (Phi) is 4.37. The molecule has 138 valence electrons. The summed E-state index contributed by atoms with van der Waals surface area (Å²) in [5, 5.41) is 7.32. The van der Waals surface area contributed by atoms with Crippen molar-refractivity contribution in [1.29, 1.82) is 0 Å². The maximum absolute atomic E-state index is 12.3. The van der Waals surface area contributed by atoms with Crippen molar-refractivity contribution in [1.82, 2.24) is 9.78 Å². The number of carbonyl (C=O) groups excluding carboxylic acids is 2. The molecule has 1 aliphatic heterocycles. The van der Waals surface area contributed by atoms with Crippen LogP contribution in [0.5, 0.6) is 5.75 Å². The zero-order chi connectivity index (χ0) is 18.8. The molecule has 4 rings (SSSR count). The van der Waals surface area contributed by atoms with Gasteiger partial charge in [0.2, 0.25) is 5.91 Å². The van der Waals surface area contributed by atoms with Crippen LogP contribution in [0.2, 0.25) is 0 Å². The van der Waals surface area contributed by atoms with Gasteiger partial charge in [-0.05, 0) is 29.8 Å². The first-order chi connectivity index (χ1) is 13.1. The number of aromatic nitrogens is 2. The highest BCUT2D eigenvalue weighted by Gasteiger charge is 2.30. The minimum absolute atomic E-state index is 0.0669. The van der Waals surface area contributed by atoms with Crippen molar-refractivity contribution in [3.63, 3.8) is 0 Å². The number of fused-ring (bicyclic) bond motifs is 1. The Hall–Kier alpha value is -3.55. The molecule has 0 fully saturated rings. The van der Waals surface area contributed by atoms with Crippen LogP contribution in [-0.4, -0.2) is 28.2 Å². The SMILES string of the molecule is NC(=O)COc1ccc([C@H]2CC(=O)Nc3c2cnn3Cc2ccco2)cc1. The molecule has 0 radical (unpaired) electrons. The van der Waals surface area contributed by atoms with E-state index in [0.29, 0.717) is 24.5 Å². The molecule has 8 heteroatoms. The molecule has 8 nitrogen and oxygen atoms in total. The fraction of sp³-hybridized carbons (Fsp3) is 0.211. The summed E-state index contributed by atoms with van der Waals surface area (Å²) in [5.74, 6) is 1.28. The second-order valence-corrected chi connectivity index (χ2v) is 6.31. The molecule has 3 N–H and O–H groups in total. The third-order valence-electron chi connectivity index (χ3n) is 4.44. The second-order valence-electron chi connectivity index (χ2n) is 6.31. The first-order valence-corrected chi connectivity index (χ1v) is 8.49. The van der Waals surface area contributed by atoms with Crippen LogP contribution >= 0.6 is 0 Å². The van der Waals surface area contributed by atoms with Crippen LogP contribution < -0.4 is 15.8 Å². The van der Waals surface area contributed by atoms with E-state index in [9.17, 15) is 9.59 Å². The molecule has 0 saturated carbocycles. The van der Waals surface area contributed by atoms with Gasteiger partial charge in [-0.3, -0.25) is 9.59 Å². The normalized spacial score (nSPS) is 15.9. The number of ether oxygens (including phenoxy) is 1. The van der Waals surface area contributed by atoms with Crippen molar-refractivity contribution in [2.24, 2.45) is 5.73 Å². The van der Waals surface area contributed by atoms with E-state index in [1.165, 1.54) is 0 Å². The van der Waals surface area contributed by atoms with Gasteiger partial charge in [0.25, 0.3) is 5.91 Å². The zero-order valence-electron chi connectivity index (χ0n) is 14.4. The lowest BCUT2D eigenvalue weighted by Gasteiger charge is -2.23. The number of hydrogen-bond donors (Lipinski definition) is 2. The Balaban J connectivity index is 1.59. The summed E-state index contributed by atoms with van der Waals surface area (Å²) in [4.78, 5) is 23.1. The average Bonchev–Trinajstić information content (AvgIpc) is 3.31. The second kappa shape index (κ2) is 6.99. The highest BCUT2D eigenvalue weighted by molar-refractivity contribution is 5.94. The van der Waals surface area contributed by atoms with Gasteiger partial charge in [0.1, 0.15) is 23.9 Å². The van der Waals surface area contributed by atoms with E-state index >= 15 is 0 Å². The predicted octanol–water partition coefficient (Wildman–Crippen LogP) is 1.86. The summed E-state index contributed by atoms with van der Waals surface area (Å²) in [7, 11) is 0. The van der Waals surface area contributed by atoms with Gasteiger partial charge in [0.05, 0.1) is 12.5 Å². The molecule has 3 aromatic rings. The van der Waals surface area contributed by atoms with E-state index in [1.807, 2.05) is 24.3 Å². The monoisotopic (exact) mass is 366 g/mol. The molecular weight excluding hydrogens is 348 g/mol. The number of benzene rings is 1. The van der Waals surface area contributed by atoms with Crippen LogP contribution in [0, 0.1) is 0 Å². The Morgan fingerprint density at radius 3 is 2.85 bits per heavy atom. The first kappa shape index (κ1) is 16.9. The molecule has 0 saturated heterocycles. The number of nitrogens with one attached hydrogen (secondary N) is 1. The van der Waals surface area contributed by atoms with Gasteiger partial charge < -0.3 is 20.2 Å². The van der Waals surface area contributed by atoms with Gasteiger partial charge in [-0.2, -0.15) is 5.10 Å². The third kappa shape index (κ3) is 3.55.